The summed E-state index contributed by atoms with van der Waals surface area (Å²) in [5.74, 6) is -0.618. The van der Waals surface area contributed by atoms with Crippen molar-refractivity contribution in [2.24, 2.45) is 7.05 Å². The number of aryl methyl sites for hydroxylation is 1. The van der Waals surface area contributed by atoms with Crippen LogP contribution in [0.1, 0.15) is 27.5 Å². The van der Waals surface area contributed by atoms with Crippen LogP contribution in [0.3, 0.4) is 0 Å². The summed E-state index contributed by atoms with van der Waals surface area (Å²) in [6.45, 7) is 0. The summed E-state index contributed by atoms with van der Waals surface area (Å²) in [4.78, 5) is 26.6. The number of rotatable bonds is 4. The van der Waals surface area contributed by atoms with E-state index < -0.39 is 23.6 Å². The summed E-state index contributed by atoms with van der Waals surface area (Å²) in [6.07, 6.45) is 2.63. The minimum absolute atomic E-state index is 0.113. The van der Waals surface area contributed by atoms with E-state index in [1.54, 1.807) is 55.7 Å². The first-order valence-electron chi connectivity index (χ1n) is 10.5. The van der Waals surface area contributed by atoms with Crippen molar-refractivity contribution < 1.29 is 9.90 Å². The van der Waals surface area contributed by atoms with E-state index in [0.29, 0.717) is 33.4 Å². The van der Waals surface area contributed by atoms with Crippen LogP contribution in [0.5, 0.6) is 0 Å². The van der Waals surface area contributed by atoms with E-state index in [9.17, 15) is 14.7 Å². The van der Waals surface area contributed by atoms with Gasteiger partial charge in [0.15, 0.2) is 0 Å². The first kappa shape index (κ1) is 22.3. The second-order valence-corrected chi connectivity index (χ2v) is 8.98. The van der Waals surface area contributed by atoms with E-state index in [4.69, 9.17) is 23.2 Å². The summed E-state index contributed by atoms with van der Waals surface area (Å²) in [5, 5.41) is 23.1. The molecule has 2 aromatic carbocycles. The lowest BCUT2D eigenvalue weighted by Gasteiger charge is -2.18. The number of halogens is 2. The van der Waals surface area contributed by atoms with Crippen LogP contribution < -0.4 is 10.9 Å². The quantitative estimate of drug-likeness (QED) is 0.452. The molecule has 2 aromatic heterocycles. The van der Waals surface area contributed by atoms with Gasteiger partial charge >= 0.3 is 0 Å². The van der Waals surface area contributed by atoms with Gasteiger partial charge in [0.2, 0.25) is 0 Å². The van der Waals surface area contributed by atoms with Crippen molar-refractivity contribution in [1.82, 2.24) is 24.9 Å². The van der Waals surface area contributed by atoms with E-state index in [2.05, 4.69) is 15.5 Å². The molecule has 0 aliphatic heterocycles. The maximum Gasteiger partial charge on any atom is 0.284 e. The SMILES string of the molecule is Cn1cc(-n2nc(-c3ccc(Cl)cc3)cc(C(=O)NC3c4ccc(Cl)cc4CC3O)c2=O)cn1. The van der Waals surface area contributed by atoms with E-state index in [1.165, 1.54) is 16.9 Å². The van der Waals surface area contributed by atoms with Gasteiger partial charge in [-0.25, -0.2) is 0 Å². The molecular weight excluding hydrogens is 477 g/mol. The smallest absolute Gasteiger partial charge is 0.284 e. The standard InChI is InChI=1S/C24H19Cl2N5O3/c1-30-12-17(11-27-30)31-24(34)19(10-20(29-31)13-2-4-15(25)5-3-13)23(33)28-22-18-7-6-16(26)8-14(18)9-21(22)32/h2-8,10-12,21-22,32H,9H2,1H3,(H,28,33). The molecule has 2 unspecified atom stereocenters. The van der Waals surface area contributed by atoms with Crippen molar-refractivity contribution >= 4 is 29.1 Å². The number of aromatic nitrogens is 4. The molecule has 1 amide bonds. The number of benzene rings is 2. The zero-order valence-corrected chi connectivity index (χ0v) is 19.5. The molecule has 34 heavy (non-hydrogen) atoms. The molecule has 0 spiro atoms. The summed E-state index contributed by atoms with van der Waals surface area (Å²) in [6, 6.07) is 12.9. The van der Waals surface area contributed by atoms with Crippen LogP contribution in [0.4, 0.5) is 0 Å². The Morgan fingerprint density at radius 2 is 1.85 bits per heavy atom. The Morgan fingerprint density at radius 1 is 1.12 bits per heavy atom. The molecule has 2 heterocycles. The minimum Gasteiger partial charge on any atom is -0.390 e. The molecule has 4 aromatic rings. The number of carbonyl (C=O) groups is 1. The van der Waals surface area contributed by atoms with E-state index >= 15 is 0 Å². The summed E-state index contributed by atoms with van der Waals surface area (Å²) in [7, 11) is 1.72. The molecule has 0 radical (unpaired) electrons. The van der Waals surface area contributed by atoms with Gasteiger partial charge in [-0.15, -0.1) is 0 Å². The van der Waals surface area contributed by atoms with Crippen LogP contribution in [0.2, 0.25) is 10.0 Å². The summed E-state index contributed by atoms with van der Waals surface area (Å²) < 4.78 is 2.68. The predicted octanol–water partition coefficient (Wildman–Crippen LogP) is 3.33. The van der Waals surface area contributed by atoms with Gasteiger partial charge < -0.3 is 10.4 Å². The third kappa shape index (κ3) is 4.11. The lowest BCUT2D eigenvalue weighted by atomic mass is 10.1. The molecule has 2 N–H and O–H groups in total. The molecule has 0 bridgehead atoms. The molecule has 0 saturated heterocycles. The molecule has 1 aliphatic rings. The van der Waals surface area contributed by atoms with Crippen LogP contribution in [0.25, 0.3) is 16.9 Å². The number of carbonyl (C=O) groups excluding carboxylic acids is 1. The number of hydrogen-bond donors (Lipinski definition) is 2. The van der Waals surface area contributed by atoms with Crippen LogP contribution in [-0.2, 0) is 13.5 Å². The van der Waals surface area contributed by atoms with Gasteiger partial charge in [0.05, 0.1) is 30.2 Å². The highest BCUT2D eigenvalue weighted by Gasteiger charge is 2.33. The Morgan fingerprint density at radius 3 is 2.56 bits per heavy atom. The number of nitrogens with zero attached hydrogens (tertiary/aromatic N) is 4. The largest absolute Gasteiger partial charge is 0.390 e. The molecule has 0 fully saturated rings. The fourth-order valence-corrected chi connectivity index (χ4v) is 4.43. The number of aliphatic hydroxyl groups excluding tert-OH is 1. The van der Waals surface area contributed by atoms with E-state index in [0.717, 1.165) is 15.8 Å². The number of amides is 1. The highest BCUT2D eigenvalue weighted by Crippen LogP contribution is 2.33. The maximum absolute atomic E-state index is 13.3. The van der Waals surface area contributed by atoms with Gasteiger partial charge in [-0.3, -0.25) is 14.3 Å². The van der Waals surface area contributed by atoms with Crippen molar-refractivity contribution in [1.29, 1.82) is 0 Å². The van der Waals surface area contributed by atoms with E-state index in [-0.39, 0.29) is 5.56 Å². The zero-order chi connectivity index (χ0) is 24.0. The second kappa shape index (κ2) is 8.72. The average Bonchev–Trinajstić information content (AvgIpc) is 3.37. The van der Waals surface area contributed by atoms with Gasteiger partial charge in [-0.05, 0) is 41.5 Å². The molecule has 0 saturated carbocycles. The monoisotopic (exact) mass is 495 g/mol. The molecule has 5 rings (SSSR count). The van der Waals surface area contributed by atoms with Crippen molar-refractivity contribution in [2.45, 2.75) is 18.6 Å². The van der Waals surface area contributed by atoms with Crippen LogP contribution in [-0.4, -0.2) is 36.7 Å². The van der Waals surface area contributed by atoms with Crippen molar-refractivity contribution in [3.8, 4) is 16.9 Å². The summed E-state index contributed by atoms with van der Waals surface area (Å²) in [5.41, 5.74) is 2.41. The second-order valence-electron chi connectivity index (χ2n) is 8.11. The number of aliphatic hydroxyl groups is 1. The Kier molecular flexibility index (Phi) is 5.73. The normalized spacial score (nSPS) is 16.9. The molecule has 1 aliphatic carbocycles. The van der Waals surface area contributed by atoms with Crippen LogP contribution >= 0.6 is 23.2 Å². The van der Waals surface area contributed by atoms with Gasteiger partial charge in [-0.1, -0.05) is 41.4 Å². The molecule has 172 valence electrons. The van der Waals surface area contributed by atoms with Gasteiger partial charge in [0, 0.05) is 29.1 Å². The fourth-order valence-electron chi connectivity index (χ4n) is 4.11. The molecule has 10 heteroatoms. The molecule has 8 nitrogen and oxygen atoms in total. The Bertz CT molecular complexity index is 1460. The number of fused-ring (bicyclic) bond motifs is 1. The van der Waals surface area contributed by atoms with E-state index in [1.807, 2.05) is 0 Å². The Hall–Kier alpha value is -3.46. The van der Waals surface area contributed by atoms with Gasteiger partial charge in [0.25, 0.3) is 11.5 Å². The van der Waals surface area contributed by atoms with Crippen molar-refractivity contribution in [2.75, 3.05) is 0 Å². The number of nitrogens with one attached hydrogen (secondary N) is 1. The first-order valence-corrected chi connectivity index (χ1v) is 11.2. The lowest BCUT2D eigenvalue weighted by molar-refractivity contribution is 0.0856. The first-order chi connectivity index (χ1) is 16.3. The predicted molar refractivity (Wildman–Crippen MR) is 128 cm³/mol. The topological polar surface area (TPSA) is 102 Å². The van der Waals surface area contributed by atoms with Crippen molar-refractivity contribution in [3.63, 3.8) is 0 Å². The van der Waals surface area contributed by atoms with Crippen LogP contribution in [0.15, 0.2) is 65.7 Å². The third-order valence-electron chi connectivity index (χ3n) is 5.77. The van der Waals surface area contributed by atoms with Gasteiger partial charge in [-0.2, -0.15) is 14.9 Å². The van der Waals surface area contributed by atoms with Gasteiger partial charge in [0.1, 0.15) is 11.3 Å². The van der Waals surface area contributed by atoms with Crippen LogP contribution in [0, 0.1) is 0 Å². The third-order valence-corrected chi connectivity index (χ3v) is 6.26. The highest BCUT2D eigenvalue weighted by molar-refractivity contribution is 6.31. The lowest BCUT2D eigenvalue weighted by Crippen LogP contribution is -2.38. The number of hydrogen-bond acceptors (Lipinski definition) is 5. The Labute approximate surface area is 204 Å². The molecular formula is C24H19Cl2N5O3. The molecule has 2 atom stereocenters. The maximum atomic E-state index is 13.3. The minimum atomic E-state index is -0.837. The summed E-state index contributed by atoms with van der Waals surface area (Å²) >= 11 is 12.1. The zero-order valence-electron chi connectivity index (χ0n) is 17.9. The Balaban J connectivity index is 1.58. The average molecular weight is 496 g/mol. The van der Waals surface area contributed by atoms with Crippen molar-refractivity contribution in [3.05, 3.63) is 98.0 Å². The highest BCUT2D eigenvalue weighted by atomic mass is 35.5. The fraction of sp³-hybridized carbons (Fsp3) is 0.167.